The van der Waals surface area contributed by atoms with Crippen LogP contribution in [0.15, 0.2) is 48.5 Å². The van der Waals surface area contributed by atoms with Crippen molar-refractivity contribution >= 4 is 11.8 Å². The Bertz CT molecular complexity index is 769. The zero-order chi connectivity index (χ0) is 19.8. The van der Waals surface area contributed by atoms with Gasteiger partial charge in [-0.2, -0.15) is 0 Å². The molecule has 0 aliphatic heterocycles. The third-order valence-electron chi connectivity index (χ3n) is 4.15. The highest BCUT2D eigenvalue weighted by atomic mass is 16.5. The quantitative estimate of drug-likeness (QED) is 0.745. The molecule has 0 aliphatic carbocycles. The SMILES string of the molecule is CCC[C@@H](NC(=O)c1ccc(-c2ccccc2OC(C)C)cc1)C(=O)NC. The van der Waals surface area contributed by atoms with Crippen LogP contribution in [0.2, 0.25) is 0 Å². The minimum Gasteiger partial charge on any atom is -0.490 e. The molecule has 0 saturated carbocycles. The van der Waals surface area contributed by atoms with Crippen molar-refractivity contribution in [2.24, 2.45) is 0 Å². The number of nitrogens with one attached hydrogen (secondary N) is 2. The van der Waals surface area contributed by atoms with E-state index in [-0.39, 0.29) is 17.9 Å². The molecule has 5 heteroatoms. The number of benzene rings is 2. The van der Waals surface area contributed by atoms with Crippen LogP contribution >= 0.6 is 0 Å². The van der Waals surface area contributed by atoms with E-state index in [1.807, 2.05) is 57.2 Å². The first-order chi connectivity index (χ1) is 13.0. The van der Waals surface area contributed by atoms with E-state index >= 15 is 0 Å². The Hall–Kier alpha value is -2.82. The fourth-order valence-corrected chi connectivity index (χ4v) is 2.84. The van der Waals surface area contributed by atoms with Gasteiger partial charge in [0.25, 0.3) is 5.91 Å². The van der Waals surface area contributed by atoms with Crippen molar-refractivity contribution in [1.82, 2.24) is 10.6 Å². The molecule has 2 rings (SSSR count). The van der Waals surface area contributed by atoms with Gasteiger partial charge in [0, 0.05) is 18.2 Å². The van der Waals surface area contributed by atoms with Gasteiger partial charge < -0.3 is 15.4 Å². The Morgan fingerprint density at radius 1 is 1.04 bits per heavy atom. The molecule has 0 radical (unpaired) electrons. The number of ether oxygens (including phenoxy) is 1. The summed E-state index contributed by atoms with van der Waals surface area (Å²) in [5.41, 5.74) is 2.47. The van der Waals surface area contributed by atoms with Gasteiger partial charge in [0.2, 0.25) is 5.91 Å². The zero-order valence-corrected chi connectivity index (χ0v) is 16.4. The molecule has 0 spiro atoms. The third kappa shape index (κ3) is 5.58. The molecule has 2 aromatic carbocycles. The summed E-state index contributed by atoms with van der Waals surface area (Å²) in [6, 6.07) is 14.6. The lowest BCUT2D eigenvalue weighted by molar-refractivity contribution is -0.122. The van der Waals surface area contributed by atoms with E-state index in [9.17, 15) is 9.59 Å². The Kier molecular flexibility index (Phi) is 7.41. The molecule has 0 unspecified atom stereocenters. The van der Waals surface area contributed by atoms with E-state index in [1.54, 1.807) is 19.2 Å². The minimum atomic E-state index is -0.521. The summed E-state index contributed by atoms with van der Waals surface area (Å²) in [6.07, 6.45) is 1.49. The van der Waals surface area contributed by atoms with Crippen molar-refractivity contribution in [2.75, 3.05) is 7.05 Å². The lowest BCUT2D eigenvalue weighted by atomic mass is 10.0. The van der Waals surface area contributed by atoms with Crippen molar-refractivity contribution in [3.8, 4) is 16.9 Å². The molecule has 0 bridgehead atoms. The second-order valence-corrected chi connectivity index (χ2v) is 6.67. The van der Waals surface area contributed by atoms with E-state index in [0.717, 1.165) is 23.3 Å². The molecule has 2 amide bonds. The van der Waals surface area contributed by atoms with Gasteiger partial charge in [-0.3, -0.25) is 9.59 Å². The van der Waals surface area contributed by atoms with Gasteiger partial charge in [-0.05, 0) is 44.0 Å². The van der Waals surface area contributed by atoms with Crippen molar-refractivity contribution in [2.45, 2.75) is 45.8 Å². The van der Waals surface area contributed by atoms with Crippen molar-refractivity contribution in [3.63, 3.8) is 0 Å². The molecule has 0 saturated heterocycles. The second-order valence-electron chi connectivity index (χ2n) is 6.67. The van der Waals surface area contributed by atoms with Gasteiger partial charge in [-0.1, -0.05) is 43.7 Å². The summed E-state index contributed by atoms with van der Waals surface area (Å²) in [7, 11) is 1.57. The summed E-state index contributed by atoms with van der Waals surface area (Å²) >= 11 is 0. The van der Waals surface area contributed by atoms with Gasteiger partial charge >= 0.3 is 0 Å². The Balaban J connectivity index is 2.17. The number of amides is 2. The number of carbonyl (C=O) groups is 2. The largest absolute Gasteiger partial charge is 0.490 e. The molecule has 0 aliphatic rings. The number of para-hydroxylation sites is 1. The average molecular weight is 368 g/mol. The van der Waals surface area contributed by atoms with Gasteiger partial charge in [-0.15, -0.1) is 0 Å². The van der Waals surface area contributed by atoms with Crippen LogP contribution in [0.1, 0.15) is 44.0 Å². The summed E-state index contributed by atoms with van der Waals surface area (Å²) in [5, 5.41) is 5.40. The van der Waals surface area contributed by atoms with Crippen LogP contribution < -0.4 is 15.4 Å². The maximum atomic E-state index is 12.5. The molecule has 0 fully saturated rings. The molecular weight excluding hydrogens is 340 g/mol. The zero-order valence-electron chi connectivity index (χ0n) is 16.4. The molecule has 2 N–H and O–H groups in total. The Labute approximate surface area is 161 Å². The lowest BCUT2D eigenvalue weighted by Gasteiger charge is -2.17. The molecule has 27 heavy (non-hydrogen) atoms. The first kappa shape index (κ1) is 20.5. The fraction of sp³-hybridized carbons (Fsp3) is 0.364. The Morgan fingerprint density at radius 3 is 2.30 bits per heavy atom. The maximum absolute atomic E-state index is 12.5. The van der Waals surface area contributed by atoms with Crippen molar-refractivity contribution in [3.05, 3.63) is 54.1 Å². The molecular formula is C22H28N2O3. The highest BCUT2D eigenvalue weighted by Gasteiger charge is 2.19. The van der Waals surface area contributed by atoms with Gasteiger partial charge in [0.15, 0.2) is 0 Å². The highest BCUT2D eigenvalue weighted by molar-refractivity contribution is 5.97. The van der Waals surface area contributed by atoms with Crippen LogP contribution in [0.5, 0.6) is 5.75 Å². The lowest BCUT2D eigenvalue weighted by Crippen LogP contribution is -2.45. The number of hydrogen-bond donors (Lipinski definition) is 2. The molecule has 0 aromatic heterocycles. The smallest absolute Gasteiger partial charge is 0.251 e. The highest BCUT2D eigenvalue weighted by Crippen LogP contribution is 2.30. The van der Waals surface area contributed by atoms with E-state index in [0.29, 0.717) is 12.0 Å². The number of rotatable bonds is 8. The molecule has 0 heterocycles. The fourth-order valence-electron chi connectivity index (χ4n) is 2.84. The predicted octanol–water partition coefficient (Wildman–Crippen LogP) is 3.79. The monoisotopic (exact) mass is 368 g/mol. The van der Waals surface area contributed by atoms with Crippen molar-refractivity contribution in [1.29, 1.82) is 0 Å². The van der Waals surface area contributed by atoms with Crippen LogP contribution in [0.3, 0.4) is 0 Å². The summed E-state index contributed by atoms with van der Waals surface area (Å²) in [5.74, 6) is 0.379. The van der Waals surface area contributed by atoms with Gasteiger partial charge in [0.1, 0.15) is 11.8 Å². The van der Waals surface area contributed by atoms with Crippen LogP contribution in [0.25, 0.3) is 11.1 Å². The van der Waals surface area contributed by atoms with Crippen LogP contribution in [0, 0.1) is 0 Å². The molecule has 144 valence electrons. The Morgan fingerprint density at radius 2 is 1.70 bits per heavy atom. The van der Waals surface area contributed by atoms with Crippen LogP contribution in [0.4, 0.5) is 0 Å². The molecule has 5 nitrogen and oxygen atoms in total. The average Bonchev–Trinajstić information content (AvgIpc) is 2.67. The third-order valence-corrected chi connectivity index (χ3v) is 4.15. The number of carbonyl (C=O) groups excluding carboxylic acids is 2. The molecule has 1 atom stereocenters. The van der Waals surface area contributed by atoms with Crippen LogP contribution in [-0.2, 0) is 4.79 Å². The first-order valence-corrected chi connectivity index (χ1v) is 9.34. The summed E-state index contributed by atoms with van der Waals surface area (Å²) in [6.45, 7) is 5.96. The standard InChI is InChI=1S/C22H28N2O3/c1-5-8-19(22(26)23-4)24-21(25)17-13-11-16(12-14-17)18-9-6-7-10-20(18)27-15(2)3/h6-7,9-15,19H,5,8H2,1-4H3,(H,23,26)(H,24,25)/t19-/m1/s1. The van der Waals surface area contributed by atoms with Gasteiger partial charge in [-0.25, -0.2) is 0 Å². The maximum Gasteiger partial charge on any atom is 0.251 e. The first-order valence-electron chi connectivity index (χ1n) is 9.34. The second kappa shape index (κ2) is 9.76. The predicted molar refractivity (Wildman–Crippen MR) is 108 cm³/mol. The minimum absolute atomic E-state index is 0.0800. The number of hydrogen-bond acceptors (Lipinski definition) is 3. The molecule has 2 aromatic rings. The number of likely N-dealkylation sites (N-methyl/N-ethyl adjacent to an activating group) is 1. The van der Waals surface area contributed by atoms with Crippen molar-refractivity contribution < 1.29 is 14.3 Å². The topological polar surface area (TPSA) is 67.4 Å². The van der Waals surface area contributed by atoms with E-state index in [4.69, 9.17) is 4.74 Å². The normalized spacial score (nSPS) is 11.7. The summed E-state index contributed by atoms with van der Waals surface area (Å²) in [4.78, 5) is 24.4. The summed E-state index contributed by atoms with van der Waals surface area (Å²) < 4.78 is 5.87. The van der Waals surface area contributed by atoms with Crippen LogP contribution in [-0.4, -0.2) is 31.0 Å². The van der Waals surface area contributed by atoms with Gasteiger partial charge in [0.05, 0.1) is 6.10 Å². The van der Waals surface area contributed by atoms with E-state index < -0.39 is 6.04 Å². The van der Waals surface area contributed by atoms with E-state index in [1.165, 1.54) is 0 Å². The van der Waals surface area contributed by atoms with E-state index in [2.05, 4.69) is 10.6 Å².